The molecule has 1 saturated carbocycles. The number of hydrogen-bond donors (Lipinski definition) is 1. The van der Waals surface area contributed by atoms with Crippen LogP contribution in [0.15, 0.2) is 16.6 Å². The zero-order chi connectivity index (χ0) is 12.3. The Morgan fingerprint density at radius 1 is 1.29 bits per heavy atom. The molecule has 0 saturated heterocycles. The van der Waals surface area contributed by atoms with Crippen molar-refractivity contribution >= 4 is 33.3 Å². The molecule has 0 aromatic carbocycles. The number of aromatic nitrogens is 1. The first-order valence-electron chi connectivity index (χ1n) is 6.20. The van der Waals surface area contributed by atoms with Gasteiger partial charge in [0.1, 0.15) is 5.82 Å². The van der Waals surface area contributed by atoms with E-state index in [1.54, 1.807) is 0 Å². The second kappa shape index (κ2) is 6.05. The third-order valence-electron chi connectivity index (χ3n) is 3.29. The van der Waals surface area contributed by atoms with E-state index in [-0.39, 0.29) is 5.38 Å². The van der Waals surface area contributed by atoms with E-state index in [9.17, 15) is 0 Å². The van der Waals surface area contributed by atoms with E-state index < -0.39 is 0 Å². The Hall–Kier alpha value is -0.280. The van der Waals surface area contributed by atoms with E-state index in [4.69, 9.17) is 11.6 Å². The van der Waals surface area contributed by atoms with Gasteiger partial charge in [0, 0.05) is 10.5 Å². The van der Waals surface area contributed by atoms with Crippen molar-refractivity contribution in [2.75, 3.05) is 5.32 Å². The third-order valence-corrected chi connectivity index (χ3v) is 4.65. The third kappa shape index (κ3) is 3.59. The van der Waals surface area contributed by atoms with E-state index in [0.717, 1.165) is 28.8 Å². The summed E-state index contributed by atoms with van der Waals surface area (Å²) in [5, 5.41) is 3.70. The molecule has 1 N–H and O–H groups in total. The topological polar surface area (TPSA) is 24.9 Å². The van der Waals surface area contributed by atoms with Crippen LogP contribution in [0, 0.1) is 6.92 Å². The summed E-state index contributed by atoms with van der Waals surface area (Å²) in [4.78, 5) is 4.52. The lowest BCUT2D eigenvalue weighted by Crippen LogP contribution is -2.29. The van der Waals surface area contributed by atoms with Crippen LogP contribution in [0.25, 0.3) is 0 Å². The lowest BCUT2D eigenvalue weighted by molar-refractivity contribution is 0.624. The Kier molecular flexibility index (Phi) is 4.69. The normalized spacial score (nSPS) is 25.4. The maximum Gasteiger partial charge on any atom is 0.126 e. The number of hydrogen-bond acceptors (Lipinski definition) is 2. The van der Waals surface area contributed by atoms with Crippen molar-refractivity contribution in [3.8, 4) is 0 Å². The fourth-order valence-corrected chi connectivity index (χ4v) is 2.80. The molecule has 2 atom stereocenters. The van der Waals surface area contributed by atoms with Crippen molar-refractivity contribution in [2.24, 2.45) is 0 Å². The average Bonchev–Trinajstić information content (AvgIpc) is 2.50. The maximum absolute atomic E-state index is 6.41. The Morgan fingerprint density at radius 3 is 2.82 bits per heavy atom. The Morgan fingerprint density at radius 2 is 2.06 bits per heavy atom. The summed E-state index contributed by atoms with van der Waals surface area (Å²) in [5.74, 6) is 0.934. The number of anilines is 1. The minimum absolute atomic E-state index is 0.225. The number of nitrogens with one attached hydrogen (secondary N) is 1. The van der Waals surface area contributed by atoms with Crippen molar-refractivity contribution in [1.29, 1.82) is 0 Å². The number of halogens is 2. The van der Waals surface area contributed by atoms with Crippen LogP contribution in [0.1, 0.15) is 37.8 Å². The minimum Gasteiger partial charge on any atom is -0.366 e. The number of alkyl halides is 1. The maximum atomic E-state index is 6.41. The molecule has 2 rings (SSSR count). The molecule has 1 aromatic rings. The monoisotopic (exact) mass is 316 g/mol. The number of rotatable bonds is 2. The minimum atomic E-state index is 0.225. The molecule has 1 aliphatic rings. The van der Waals surface area contributed by atoms with Gasteiger partial charge in [0.2, 0.25) is 0 Å². The van der Waals surface area contributed by atoms with Crippen molar-refractivity contribution in [3.05, 3.63) is 22.3 Å². The summed E-state index contributed by atoms with van der Waals surface area (Å²) >= 11 is 9.87. The quantitative estimate of drug-likeness (QED) is 0.641. The Labute approximate surface area is 116 Å². The lowest BCUT2D eigenvalue weighted by atomic mass is 10.1. The molecule has 1 fully saturated rings. The van der Waals surface area contributed by atoms with Crippen LogP contribution in [0.3, 0.4) is 0 Å². The summed E-state index contributed by atoms with van der Waals surface area (Å²) in [5.41, 5.74) is 1.01. The molecule has 0 radical (unpaired) electrons. The van der Waals surface area contributed by atoms with Gasteiger partial charge >= 0.3 is 0 Å². The highest BCUT2D eigenvalue weighted by Gasteiger charge is 2.21. The van der Waals surface area contributed by atoms with Gasteiger partial charge < -0.3 is 5.32 Å². The molecule has 1 aliphatic carbocycles. The summed E-state index contributed by atoms with van der Waals surface area (Å²) < 4.78 is 1.05. The molecule has 4 heteroatoms. The van der Waals surface area contributed by atoms with Crippen LogP contribution in [-0.2, 0) is 0 Å². The van der Waals surface area contributed by atoms with E-state index in [2.05, 4.69) is 26.2 Å². The molecule has 0 spiro atoms. The second-order valence-corrected chi connectivity index (χ2v) is 6.08. The zero-order valence-electron chi connectivity index (χ0n) is 10.0. The molecule has 0 bridgehead atoms. The zero-order valence-corrected chi connectivity index (χ0v) is 12.4. The van der Waals surface area contributed by atoms with Crippen LogP contribution in [0.2, 0.25) is 0 Å². The predicted molar refractivity (Wildman–Crippen MR) is 76.8 cm³/mol. The molecule has 1 aromatic heterocycles. The van der Waals surface area contributed by atoms with Gasteiger partial charge in [0.05, 0.1) is 11.1 Å². The SMILES string of the molecule is Cc1nc(NC2CCCCCC2Cl)ccc1Br. The van der Waals surface area contributed by atoms with E-state index in [0.29, 0.717) is 6.04 Å². The van der Waals surface area contributed by atoms with Gasteiger partial charge in [-0.05, 0) is 47.8 Å². The fraction of sp³-hybridized carbons (Fsp3) is 0.615. The van der Waals surface area contributed by atoms with Gasteiger partial charge in [-0.1, -0.05) is 19.3 Å². The molecule has 2 unspecified atom stereocenters. The molecular weight excluding hydrogens is 300 g/mol. The molecule has 0 amide bonds. The van der Waals surface area contributed by atoms with Crippen molar-refractivity contribution in [1.82, 2.24) is 4.98 Å². The summed E-state index contributed by atoms with van der Waals surface area (Å²) in [7, 11) is 0. The summed E-state index contributed by atoms with van der Waals surface area (Å²) in [6.45, 7) is 2.00. The van der Waals surface area contributed by atoms with E-state index in [1.165, 1.54) is 19.3 Å². The van der Waals surface area contributed by atoms with Crippen LogP contribution in [0.5, 0.6) is 0 Å². The predicted octanol–water partition coefficient (Wildman–Crippen LogP) is 4.50. The highest BCUT2D eigenvalue weighted by Crippen LogP contribution is 2.25. The highest BCUT2D eigenvalue weighted by molar-refractivity contribution is 9.10. The lowest BCUT2D eigenvalue weighted by Gasteiger charge is -2.22. The highest BCUT2D eigenvalue weighted by atomic mass is 79.9. The van der Waals surface area contributed by atoms with Gasteiger partial charge in [-0.2, -0.15) is 0 Å². The summed E-state index contributed by atoms with van der Waals surface area (Å²) in [6.07, 6.45) is 6.06. The molecule has 17 heavy (non-hydrogen) atoms. The van der Waals surface area contributed by atoms with E-state index in [1.807, 2.05) is 19.1 Å². The van der Waals surface area contributed by atoms with Gasteiger partial charge in [-0.25, -0.2) is 4.98 Å². The standard InChI is InChI=1S/C13H18BrClN2/c1-9-10(14)7-8-13(16-9)17-12-6-4-2-3-5-11(12)15/h7-8,11-12H,2-6H2,1H3,(H,16,17). The van der Waals surface area contributed by atoms with Crippen molar-refractivity contribution < 1.29 is 0 Å². The van der Waals surface area contributed by atoms with Gasteiger partial charge in [0.25, 0.3) is 0 Å². The molecule has 1 heterocycles. The smallest absolute Gasteiger partial charge is 0.126 e. The Bertz CT molecular complexity index is 384. The van der Waals surface area contributed by atoms with Gasteiger partial charge in [-0.15, -0.1) is 11.6 Å². The molecule has 0 aliphatic heterocycles. The van der Waals surface area contributed by atoms with Crippen LogP contribution < -0.4 is 5.32 Å². The first-order valence-corrected chi connectivity index (χ1v) is 7.43. The van der Waals surface area contributed by atoms with Gasteiger partial charge in [0.15, 0.2) is 0 Å². The van der Waals surface area contributed by atoms with Gasteiger partial charge in [-0.3, -0.25) is 0 Å². The molecule has 94 valence electrons. The van der Waals surface area contributed by atoms with Crippen molar-refractivity contribution in [3.63, 3.8) is 0 Å². The van der Waals surface area contributed by atoms with Crippen LogP contribution >= 0.6 is 27.5 Å². The molecule has 2 nitrogen and oxygen atoms in total. The van der Waals surface area contributed by atoms with Crippen molar-refractivity contribution in [2.45, 2.75) is 50.4 Å². The van der Waals surface area contributed by atoms with Crippen LogP contribution in [-0.4, -0.2) is 16.4 Å². The number of aryl methyl sites for hydroxylation is 1. The fourth-order valence-electron chi connectivity index (χ4n) is 2.24. The number of pyridine rings is 1. The van der Waals surface area contributed by atoms with Crippen LogP contribution in [0.4, 0.5) is 5.82 Å². The second-order valence-electron chi connectivity index (χ2n) is 4.67. The summed E-state index contributed by atoms with van der Waals surface area (Å²) in [6, 6.07) is 4.39. The first-order chi connectivity index (χ1) is 8.16. The Balaban J connectivity index is 2.05. The first kappa shape index (κ1) is 13.2. The average molecular weight is 318 g/mol. The van der Waals surface area contributed by atoms with E-state index >= 15 is 0 Å². The number of nitrogens with zero attached hydrogens (tertiary/aromatic N) is 1. The largest absolute Gasteiger partial charge is 0.366 e. The molecular formula is C13H18BrClN2.